The minimum Gasteiger partial charge on any atom is -0.461 e. The molecule has 2 rings (SSSR count). The smallest absolute Gasteiger partial charge is 0.308 e. The predicted molar refractivity (Wildman–Crippen MR) is 137 cm³/mol. The molecular weight excluding hydrogens is 460 g/mol. The number of hydrogen-bond donors (Lipinski definition) is 1. The lowest BCUT2D eigenvalue weighted by Gasteiger charge is -2.32. The minimum absolute atomic E-state index is 0.00883. The van der Waals surface area contributed by atoms with Crippen LogP contribution in [0.4, 0.5) is 5.69 Å². The van der Waals surface area contributed by atoms with Crippen LogP contribution in [0.15, 0.2) is 24.3 Å². The molecule has 1 aliphatic rings. The Kier molecular flexibility index (Phi) is 11.3. The minimum atomic E-state index is -0.530. The van der Waals surface area contributed by atoms with E-state index in [1.807, 2.05) is 13.8 Å². The van der Waals surface area contributed by atoms with E-state index in [1.165, 1.54) is 0 Å². The molecule has 1 aromatic carbocycles. The summed E-state index contributed by atoms with van der Waals surface area (Å²) in [6.07, 6.45) is 1.65. The number of nitrogens with zero attached hydrogens (tertiary/aromatic N) is 1. The van der Waals surface area contributed by atoms with Crippen LogP contribution in [0.5, 0.6) is 0 Å². The highest BCUT2D eigenvalue weighted by Gasteiger charge is 2.28. The lowest BCUT2D eigenvalue weighted by molar-refractivity contribution is -0.148. The highest BCUT2D eigenvalue weighted by atomic mass is 16.5. The van der Waals surface area contributed by atoms with Gasteiger partial charge in [0.05, 0.1) is 5.92 Å². The second-order valence-corrected chi connectivity index (χ2v) is 10.3. The van der Waals surface area contributed by atoms with Gasteiger partial charge < -0.3 is 15.0 Å². The Morgan fingerprint density at radius 1 is 0.917 bits per heavy atom. The molecule has 36 heavy (non-hydrogen) atoms. The van der Waals surface area contributed by atoms with E-state index >= 15 is 0 Å². The summed E-state index contributed by atoms with van der Waals surface area (Å²) in [6.45, 7) is 10.3. The van der Waals surface area contributed by atoms with Crippen molar-refractivity contribution in [3.05, 3.63) is 29.8 Å². The Morgan fingerprint density at radius 2 is 1.53 bits per heavy atom. The zero-order valence-electron chi connectivity index (χ0n) is 22.2. The molecule has 2 amide bonds. The molecule has 1 atom stereocenters. The number of carbonyl (C=O) groups is 5. The number of ether oxygens (including phenoxy) is 1. The van der Waals surface area contributed by atoms with Gasteiger partial charge in [0.25, 0.3) is 0 Å². The van der Waals surface area contributed by atoms with Crippen molar-refractivity contribution >= 4 is 35.0 Å². The number of nitrogens with one attached hydrogen (secondary N) is 1. The summed E-state index contributed by atoms with van der Waals surface area (Å²) in [6, 6.07) is 6.99. The van der Waals surface area contributed by atoms with E-state index in [0.29, 0.717) is 31.6 Å². The van der Waals surface area contributed by atoms with E-state index in [4.69, 9.17) is 4.74 Å². The van der Waals surface area contributed by atoms with Gasteiger partial charge >= 0.3 is 5.97 Å². The molecule has 0 saturated carbocycles. The van der Waals surface area contributed by atoms with Gasteiger partial charge in [0, 0.05) is 55.8 Å². The third-order valence-corrected chi connectivity index (χ3v) is 6.49. The molecule has 198 valence electrons. The summed E-state index contributed by atoms with van der Waals surface area (Å²) in [5, 5.41) is 2.79. The molecule has 1 saturated heterocycles. The average molecular weight is 501 g/mol. The van der Waals surface area contributed by atoms with E-state index in [0.717, 1.165) is 5.56 Å². The summed E-state index contributed by atoms with van der Waals surface area (Å²) in [7, 11) is 0. The van der Waals surface area contributed by atoms with Gasteiger partial charge in [-0.3, -0.25) is 24.0 Å². The van der Waals surface area contributed by atoms with Crippen LogP contribution in [0.1, 0.15) is 72.3 Å². The van der Waals surface area contributed by atoms with Crippen molar-refractivity contribution in [2.75, 3.05) is 18.4 Å². The number of amides is 2. The number of esters is 1. The van der Waals surface area contributed by atoms with Crippen LogP contribution in [0, 0.1) is 23.7 Å². The van der Waals surface area contributed by atoms with E-state index in [1.54, 1.807) is 49.9 Å². The molecule has 1 aromatic rings. The monoisotopic (exact) mass is 500 g/mol. The fourth-order valence-electron chi connectivity index (χ4n) is 4.10. The lowest BCUT2D eigenvalue weighted by Crippen LogP contribution is -2.41. The molecule has 0 aliphatic carbocycles. The first-order valence-electron chi connectivity index (χ1n) is 12.9. The number of Topliss-reactive ketones (excluding diaryl/α,β-unsaturated/α-hetero) is 2. The Bertz CT molecular complexity index is 930. The molecule has 8 heteroatoms. The number of likely N-dealkylation sites (tertiary alicyclic amines) is 1. The van der Waals surface area contributed by atoms with Crippen LogP contribution in [0.25, 0.3) is 0 Å². The molecule has 0 unspecified atom stereocenters. The average Bonchev–Trinajstić information content (AvgIpc) is 2.86. The van der Waals surface area contributed by atoms with Crippen molar-refractivity contribution in [1.82, 2.24) is 4.90 Å². The summed E-state index contributed by atoms with van der Waals surface area (Å²) in [5.74, 6) is -1.17. The van der Waals surface area contributed by atoms with Gasteiger partial charge in [-0.2, -0.15) is 0 Å². The summed E-state index contributed by atoms with van der Waals surface area (Å²) in [5.41, 5.74) is 1.40. The van der Waals surface area contributed by atoms with Crippen molar-refractivity contribution in [3.63, 3.8) is 0 Å². The first-order chi connectivity index (χ1) is 17.0. The van der Waals surface area contributed by atoms with Crippen molar-refractivity contribution in [2.45, 2.75) is 73.3 Å². The molecule has 1 aliphatic heterocycles. The molecule has 8 nitrogen and oxygen atoms in total. The Hall–Kier alpha value is -3.03. The van der Waals surface area contributed by atoms with E-state index in [9.17, 15) is 24.0 Å². The maximum atomic E-state index is 12.5. The zero-order valence-corrected chi connectivity index (χ0v) is 22.2. The van der Waals surface area contributed by atoms with Gasteiger partial charge in [-0.25, -0.2) is 0 Å². The Morgan fingerprint density at radius 3 is 2.08 bits per heavy atom. The second kappa shape index (κ2) is 13.9. The second-order valence-electron chi connectivity index (χ2n) is 10.3. The number of piperidine rings is 1. The fourth-order valence-corrected chi connectivity index (χ4v) is 4.10. The van der Waals surface area contributed by atoms with Crippen molar-refractivity contribution in [3.8, 4) is 0 Å². The lowest BCUT2D eigenvalue weighted by atomic mass is 9.87. The topological polar surface area (TPSA) is 110 Å². The molecule has 0 aromatic heterocycles. The van der Waals surface area contributed by atoms with Gasteiger partial charge in [0.1, 0.15) is 18.2 Å². The van der Waals surface area contributed by atoms with Gasteiger partial charge in [0.15, 0.2) is 0 Å². The number of ketones is 2. The fraction of sp³-hybridized carbons (Fsp3) is 0.607. The van der Waals surface area contributed by atoms with Crippen molar-refractivity contribution in [2.24, 2.45) is 23.7 Å². The predicted octanol–water partition coefficient (Wildman–Crippen LogP) is 4.16. The molecule has 1 heterocycles. The normalized spacial score (nSPS) is 15.0. The van der Waals surface area contributed by atoms with Gasteiger partial charge in [-0.05, 0) is 30.5 Å². The Labute approximate surface area is 214 Å². The van der Waals surface area contributed by atoms with Crippen LogP contribution in [-0.2, 0) is 35.3 Å². The van der Waals surface area contributed by atoms with E-state index in [2.05, 4.69) is 5.32 Å². The standard InChI is InChI=1S/C28H40N2O6/c1-18(2)26(33)22-12-14-30(15-13-22)25(32)11-10-24(31)16-20(5)27(34)29-23-8-6-21(7-9-23)17-36-28(35)19(3)4/h6-9,18-20,22H,10-17H2,1-5H3,(H,29,34)/t20-/m1/s1. The third kappa shape index (κ3) is 9.21. The van der Waals surface area contributed by atoms with Gasteiger partial charge in [0.2, 0.25) is 11.8 Å². The highest BCUT2D eigenvalue weighted by molar-refractivity contribution is 5.95. The summed E-state index contributed by atoms with van der Waals surface area (Å²) < 4.78 is 5.19. The molecule has 0 bridgehead atoms. The highest BCUT2D eigenvalue weighted by Crippen LogP contribution is 2.22. The van der Waals surface area contributed by atoms with Crippen molar-refractivity contribution in [1.29, 1.82) is 0 Å². The van der Waals surface area contributed by atoms with Crippen molar-refractivity contribution < 1.29 is 28.7 Å². The van der Waals surface area contributed by atoms with Gasteiger partial charge in [-0.1, -0.05) is 46.8 Å². The van der Waals surface area contributed by atoms with Crippen LogP contribution in [0.2, 0.25) is 0 Å². The van der Waals surface area contributed by atoms with Crippen LogP contribution >= 0.6 is 0 Å². The maximum Gasteiger partial charge on any atom is 0.308 e. The van der Waals surface area contributed by atoms with E-state index < -0.39 is 5.92 Å². The first-order valence-corrected chi connectivity index (χ1v) is 12.9. The Balaban J connectivity index is 1.71. The number of carbonyl (C=O) groups excluding carboxylic acids is 5. The third-order valence-electron chi connectivity index (χ3n) is 6.49. The maximum absolute atomic E-state index is 12.5. The number of hydrogen-bond acceptors (Lipinski definition) is 6. The van der Waals surface area contributed by atoms with Gasteiger partial charge in [-0.15, -0.1) is 0 Å². The largest absolute Gasteiger partial charge is 0.461 e. The molecule has 1 fully saturated rings. The molecule has 0 radical (unpaired) electrons. The molecule has 0 spiro atoms. The van der Waals surface area contributed by atoms with Crippen LogP contribution in [-0.4, -0.2) is 47.3 Å². The molecular formula is C28H40N2O6. The number of rotatable bonds is 12. The SMILES string of the molecule is CC(C)C(=O)OCc1ccc(NC(=O)[C@H](C)CC(=O)CCC(=O)N2CCC(C(=O)C(C)C)CC2)cc1. The van der Waals surface area contributed by atoms with Crippen LogP contribution in [0.3, 0.4) is 0 Å². The number of benzene rings is 1. The summed E-state index contributed by atoms with van der Waals surface area (Å²) in [4.78, 5) is 62.9. The summed E-state index contributed by atoms with van der Waals surface area (Å²) >= 11 is 0. The van der Waals surface area contributed by atoms with Crippen LogP contribution < -0.4 is 5.32 Å². The van der Waals surface area contributed by atoms with E-state index in [-0.39, 0.29) is 73.0 Å². The number of anilines is 1. The molecule has 1 N–H and O–H groups in total. The zero-order chi connectivity index (χ0) is 26.8. The quantitative estimate of drug-likeness (QED) is 0.432. The first kappa shape index (κ1) is 29.2.